The van der Waals surface area contributed by atoms with Crippen molar-refractivity contribution in [3.63, 3.8) is 0 Å². The largest absolute Gasteiger partial charge is 0.385 e. The van der Waals surface area contributed by atoms with Crippen LogP contribution in [0, 0.1) is 0 Å². The van der Waals surface area contributed by atoms with Gasteiger partial charge in [-0.05, 0) is 12.8 Å². The smallest absolute Gasteiger partial charge is 0.169 e. The fourth-order valence-electron chi connectivity index (χ4n) is 1.52. The maximum atomic E-state index is 5.99. The van der Waals surface area contributed by atoms with Crippen LogP contribution in [0.25, 0.3) is 0 Å². The van der Waals surface area contributed by atoms with Crippen LogP contribution in [0.3, 0.4) is 0 Å². The van der Waals surface area contributed by atoms with Crippen molar-refractivity contribution in [1.82, 2.24) is 10.2 Å². The summed E-state index contributed by atoms with van der Waals surface area (Å²) in [6, 6.07) is 0. The molecule has 0 aliphatic heterocycles. The number of nitrogens with two attached hydrogens (primary N) is 1. The van der Waals surface area contributed by atoms with Crippen molar-refractivity contribution >= 4 is 23.1 Å². The van der Waals surface area contributed by atoms with Gasteiger partial charge in [-0.2, -0.15) is 0 Å². The highest BCUT2D eigenvalue weighted by molar-refractivity contribution is 6.30. The van der Waals surface area contributed by atoms with Gasteiger partial charge in [-0.15, -0.1) is 10.2 Å². The minimum absolute atomic E-state index is 0.411. The molecule has 0 aliphatic rings. The molecule has 0 bridgehead atoms. The predicted octanol–water partition coefficient (Wildman–Crippen LogP) is 2.49. The Morgan fingerprint density at radius 3 is 2.67 bits per heavy atom. The fourth-order valence-corrected chi connectivity index (χ4v) is 1.75. The Balaban J connectivity index is 2.87. The third-order valence-corrected chi connectivity index (χ3v) is 2.64. The van der Waals surface area contributed by atoms with Crippen LogP contribution in [0.4, 0.5) is 11.5 Å². The highest BCUT2D eigenvalue weighted by atomic mass is 35.5. The van der Waals surface area contributed by atoms with E-state index in [1.54, 1.807) is 0 Å². The standard InChI is InChI=1S/C10H17ClN4/c1-3-4-5-6-7-8(13-2)10(12)15-14-9(7)11/h3-6H2,1-2H3,(H2,12,15)(H,13,14). The lowest BCUT2D eigenvalue weighted by atomic mass is 10.1. The van der Waals surface area contributed by atoms with Gasteiger partial charge in [-0.3, -0.25) is 0 Å². The summed E-state index contributed by atoms with van der Waals surface area (Å²) in [5.41, 5.74) is 7.49. The van der Waals surface area contributed by atoms with Gasteiger partial charge in [0, 0.05) is 12.6 Å². The molecule has 0 aromatic carbocycles. The topological polar surface area (TPSA) is 63.8 Å². The van der Waals surface area contributed by atoms with Gasteiger partial charge in [0.2, 0.25) is 0 Å². The summed E-state index contributed by atoms with van der Waals surface area (Å²) >= 11 is 5.99. The van der Waals surface area contributed by atoms with Gasteiger partial charge >= 0.3 is 0 Å². The number of hydrogen-bond donors (Lipinski definition) is 2. The molecule has 0 saturated heterocycles. The quantitative estimate of drug-likeness (QED) is 0.760. The van der Waals surface area contributed by atoms with E-state index in [-0.39, 0.29) is 0 Å². The van der Waals surface area contributed by atoms with Gasteiger partial charge in [0.1, 0.15) is 0 Å². The monoisotopic (exact) mass is 228 g/mol. The highest BCUT2D eigenvalue weighted by Gasteiger charge is 2.11. The van der Waals surface area contributed by atoms with Crippen LogP contribution in [0.1, 0.15) is 31.7 Å². The Hall–Kier alpha value is -1.03. The van der Waals surface area contributed by atoms with Crippen molar-refractivity contribution < 1.29 is 0 Å². The maximum Gasteiger partial charge on any atom is 0.169 e. The van der Waals surface area contributed by atoms with Crippen molar-refractivity contribution in [2.75, 3.05) is 18.1 Å². The molecule has 1 heterocycles. The number of aromatic nitrogens is 2. The van der Waals surface area contributed by atoms with E-state index < -0.39 is 0 Å². The van der Waals surface area contributed by atoms with E-state index >= 15 is 0 Å². The number of nitrogens with one attached hydrogen (secondary N) is 1. The van der Waals surface area contributed by atoms with E-state index in [9.17, 15) is 0 Å². The van der Waals surface area contributed by atoms with Crippen molar-refractivity contribution in [1.29, 1.82) is 0 Å². The molecule has 0 fully saturated rings. The zero-order chi connectivity index (χ0) is 11.3. The molecule has 0 saturated carbocycles. The molecule has 3 N–H and O–H groups in total. The van der Waals surface area contributed by atoms with Crippen molar-refractivity contribution in [3.05, 3.63) is 10.7 Å². The second-order valence-corrected chi connectivity index (χ2v) is 3.79. The Kier molecular flexibility index (Phi) is 4.62. The van der Waals surface area contributed by atoms with E-state index in [1.165, 1.54) is 12.8 Å². The number of anilines is 2. The van der Waals surface area contributed by atoms with Gasteiger partial charge in [-0.1, -0.05) is 31.4 Å². The van der Waals surface area contributed by atoms with Crippen molar-refractivity contribution in [2.24, 2.45) is 0 Å². The number of nitrogen functional groups attached to an aromatic ring is 1. The van der Waals surface area contributed by atoms with Gasteiger partial charge in [0.05, 0.1) is 5.69 Å². The summed E-state index contributed by atoms with van der Waals surface area (Å²) < 4.78 is 0. The van der Waals surface area contributed by atoms with Crippen LogP contribution >= 0.6 is 11.6 Å². The zero-order valence-corrected chi connectivity index (χ0v) is 9.93. The maximum absolute atomic E-state index is 5.99. The summed E-state index contributed by atoms with van der Waals surface area (Å²) in [5, 5.41) is 11.1. The fraction of sp³-hybridized carbons (Fsp3) is 0.600. The molecule has 5 heteroatoms. The number of rotatable bonds is 5. The van der Waals surface area contributed by atoms with E-state index in [0.29, 0.717) is 11.0 Å². The first-order valence-corrected chi connectivity index (χ1v) is 5.56. The summed E-state index contributed by atoms with van der Waals surface area (Å²) in [6.45, 7) is 2.17. The first-order chi connectivity index (χ1) is 7.20. The molecular formula is C10H17ClN4. The van der Waals surface area contributed by atoms with Crippen LogP contribution in [0.15, 0.2) is 0 Å². The molecule has 0 radical (unpaired) electrons. The van der Waals surface area contributed by atoms with E-state index in [2.05, 4.69) is 22.4 Å². The Morgan fingerprint density at radius 2 is 2.07 bits per heavy atom. The van der Waals surface area contributed by atoms with Crippen LogP contribution in [0.2, 0.25) is 5.15 Å². The lowest BCUT2D eigenvalue weighted by Crippen LogP contribution is -2.06. The van der Waals surface area contributed by atoms with Crippen LogP contribution in [0.5, 0.6) is 0 Å². The summed E-state index contributed by atoms with van der Waals surface area (Å²) in [6.07, 6.45) is 4.35. The molecule has 0 aliphatic carbocycles. The van der Waals surface area contributed by atoms with Gasteiger partial charge in [0.25, 0.3) is 0 Å². The molecule has 1 rings (SSSR count). The molecule has 4 nitrogen and oxygen atoms in total. The van der Waals surface area contributed by atoms with Crippen LogP contribution < -0.4 is 11.1 Å². The van der Waals surface area contributed by atoms with E-state index in [0.717, 1.165) is 24.1 Å². The number of nitrogens with zero attached hydrogens (tertiary/aromatic N) is 2. The highest BCUT2D eigenvalue weighted by Crippen LogP contribution is 2.27. The summed E-state index contributed by atoms with van der Waals surface area (Å²) in [5.74, 6) is 0.411. The molecule has 0 atom stereocenters. The molecule has 0 amide bonds. The number of unbranched alkanes of at least 4 members (excludes halogenated alkanes) is 2. The minimum atomic E-state index is 0.411. The lowest BCUT2D eigenvalue weighted by molar-refractivity contribution is 0.715. The number of hydrogen-bond acceptors (Lipinski definition) is 4. The Labute approximate surface area is 95.2 Å². The average Bonchev–Trinajstić information content (AvgIpc) is 2.23. The minimum Gasteiger partial charge on any atom is -0.385 e. The second-order valence-electron chi connectivity index (χ2n) is 3.44. The molecule has 15 heavy (non-hydrogen) atoms. The molecular weight excluding hydrogens is 212 g/mol. The van der Waals surface area contributed by atoms with Crippen LogP contribution in [-0.4, -0.2) is 17.2 Å². The molecule has 0 unspecified atom stereocenters. The van der Waals surface area contributed by atoms with Crippen LogP contribution in [-0.2, 0) is 6.42 Å². The molecule has 1 aromatic rings. The van der Waals surface area contributed by atoms with E-state index in [4.69, 9.17) is 17.3 Å². The molecule has 84 valence electrons. The SMILES string of the molecule is CCCCCc1c(Cl)nnc(N)c1NC. The first-order valence-electron chi connectivity index (χ1n) is 5.19. The Morgan fingerprint density at radius 1 is 1.33 bits per heavy atom. The lowest BCUT2D eigenvalue weighted by Gasteiger charge is -2.11. The first kappa shape index (κ1) is 12.0. The zero-order valence-electron chi connectivity index (χ0n) is 9.18. The summed E-state index contributed by atoms with van der Waals surface area (Å²) in [7, 11) is 1.81. The van der Waals surface area contributed by atoms with Gasteiger partial charge in [-0.25, -0.2) is 0 Å². The molecule has 0 spiro atoms. The normalized spacial score (nSPS) is 10.3. The van der Waals surface area contributed by atoms with Gasteiger partial charge < -0.3 is 11.1 Å². The summed E-state index contributed by atoms with van der Waals surface area (Å²) in [4.78, 5) is 0. The average molecular weight is 229 g/mol. The Bertz CT molecular complexity index is 327. The predicted molar refractivity (Wildman–Crippen MR) is 64.2 cm³/mol. The number of halogens is 1. The molecule has 1 aromatic heterocycles. The van der Waals surface area contributed by atoms with Crippen molar-refractivity contribution in [3.8, 4) is 0 Å². The van der Waals surface area contributed by atoms with Crippen molar-refractivity contribution in [2.45, 2.75) is 32.6 Å². The van der Waals surface area contributed by atoms with Gasteiger partial charge in [0.15, 0.2) is 11.0 Å². The third-order valence-electron chi connectivity index (χ3n) is 2.33. The van der Waals surface area contributed by atoms with E-state index in [1.807, 2.05) is 7.05 Å². The second kappa shape index (κ2) is 5.75. The third kappa shape index (κ3) is 2.96.